The average Bonchev–Trinajstić information content (AvgIpc) is 1.38. The van der Waals surface area contributed by atoms with E-state index in [2.05, 4.69) is 6.58 Å². The predicted octanol–water partition coefficient (Wildman–Crippen LogP) is 1.47. The summed E-state index contributed by atoms with van der Waals surface area (Å²) < 4.78 is 0. The van der Waals surface area contributed by atoms with Crippen LogP contribution in [-0.4, -0.2) is 5.11 Å². The topological polar surface area (TPSA) is 21.4 Å². The molecule has 0 aromatic heterocycles. The molecule has 0 atom stereocenters. The summed E-state index contributed by atoms with van der Waals surface area (Å²) in [5, 5.41) is 8.17. The highest BCUT2D eigenvalue weighted by atomic mass is 16.3. The first-order valence-electron chi connectivity index (χ1n) is 1.64. The molecule has 0 saturated carbocycles. The van der Waals surface area contributed by atoms with Crippen LogP contribution in [0.15, 0.2) is 12.3 Å². The molecule has 1 nitrogen and oxygen atoms in total. The van der Waals surface area contributed by atoms with Gasteiger partial charge in [-0.25, -0.2) is 0 Å². The second-order valence-electron chi connectivity index (χ2n) is 0.920. The van der Waals surface area contributed by atoms with Crippen LogP contribution in [0.25, 0.3) is 0 Å². The Morgan fingerprint density at radius 1 is 2.00 bits per heavy atom. The molecule has 0 aromatic rings. The van der Waals surface area contributed by atoms with E-state index in [1.807, 2.05) is 6.92 Å². The minimum absolute atomic E-state index is 0.255. The lowest BCUT2D eigenvalue weighted by Gasteiger charge is -1.65. The van der Waals surface area contributed by atoms with E-state index in [-0.39, 0.29) is 5.76 Å². The van der Waals surface area contributed by atoms with E-state index in [9.17, 15) is 0 Å². The Morgan fingerprint density at radius 2 is 2.20 bits per heavy atom. The minimum atomic E-state index is 0.255. The molecule has 0 rings (SSSR count). The molecule has 0 unspecified atom stereocenters. The molecule has 1 radical (unpaired) electrons. The Kier molecular flexibility index (Phi) is 1.65. The van der Waals surface area contributed by atoms with E-state index >= 15 is 0 Å². The molecule has 0 aromatic carbocycles. The lowest BCUT2D eigenvalue weighted by molar-refractivity contribution is 0.397. The zero-order valence-corrected chi connectivity index (χ0v) is 3.36. The van der Waals surface area contributed by atoms with E-state index in [0.29, 0.717) is 6.42 Å². The summed E-state index contributed by atoms with van der Waals surface area (Å²) >= 11 is 0. The highest BCUT2D eigenvalue weighted by Crippen LogP contribution is 1.84. The first kappa shape index (κ1) is 4.54. The lowest BCUT2D eigenvalue weighted by Crippen LogP contribution is -1.66. The summed E-state index contributed by atoms with van der Waals surface area (Å²) in [5.74, 6) is 0.255. The van der Waals surface area contributed by atoms with Gasteiger partial charge in [-0.05, 0) is 0 Å². The zero-order valence-electron chi connectivity index (χ0n) is 3.36. The van der Waals surface area contributed by atoms with Gasteiger partial charge in [0.15, 0.2) is 0 Å². The van der Waals surface area contributed by atoms with Gasteiger partial charge in [0.2, 0.25) is 0 Å². The Labute approximate surface area is 31.9 Å². The van der Waals surface area contributed by atoms with Crippen LogP contribution >= 0.6 is 0 Å². The number of allylic oxidation sites excluding steroid dienone is 1. The van der Waals surface area contributed by atoms with Crippen molar-refractivity contribution in [3.8, 4) is 0 Å². The van der Waals surface area contributed by atoms with Crippen LogP contribution in [-0.2, 0) is 0 Å². The van der Waals surface area contributed by atoms with Crippen LogP contribution in [0, 0.1) is 0 Å². The van der Waals surface area contributed by atoms with Crippen molar-refractivity contribution in [1.29, 1.82) is 0 Å². The van der Waals surface area contributed by atoms with Gasteiger partial charge >= 0.3 is 5.76 Å². The molecule has 0 spiro atoms. The Balaban J connectivity index is 2.85. The summed E-state index contributed by atoms with van der Waals surface area (Å²) in [7, 11) is 0. The molecule has 0 bridgehead atoms. The summed E-state index contributed by atoms with van der Waals surface area (Å²) in [5.41, 5.74) is 0. The second kappa shape index (κ2) is 1.82. The molecular weight excluding hydrogens is 64.0 g/mol. The standard InChI is InChI=1S/C4H8O/c1-3-4(2)5/h5H,2-3H2,1H3/q+1. The molecule has 0 fully saturated rings. The SMILES string of the molecule is C=C([OH+])CC. The highest BCUT2D eigenvalue weighted by Gasteiger charge is 1.85. The van der Waals surface area contributed by atoms with Crippen molar-refractivity contribution in [3.63, 3.8) is 0 Å². The van der Waals surface area contributed by atoms with Crippen LogP contribution in [0.5, 0.6) is 0 Å². The molecule has 0 heterocycles. The van der Waals surface area contributed by atoms with E-state index < -0.39 is 0 Å². The zero-order chi connectivity index (χ0) is 4.28. The van der Waals surface area contributed by atoms with Crippen molar-refractivity contribution in [2.24, 2.45) is 0 Å². The van der Waals surface area contributed by atoms with Crippen molar-refractivity contribution in [2.75, 3.05) is 0 Å². The normalized spacial score (nSPS) is 7.40. The molecule has 0 aliphatic rings. The van der Waals surface area contributed by atoms with Gasteiger partial charge in [0, 0.05) is 6.58 Å². The molecule has 1 N–H and O–H groups in total. The molecule has 0 aliphatic carbocycles. The van der Waals surface area contributed by atoms with Gasteiger partial charge < -0.3 is 0 Å². The Hall–Kier alpha value is -0.460. The smallest absolute Gasteiger partial charge is 0.280 e. The maximum absolute atomic E-state index is 8.17. The third kappa shape index (κ3) is 3.54. The maximum Gasteiger partial charge on any atom is 0.309 e. The summed E-state index contributed by atoms with van der Waals surface area (Å²) in [6, 6.07) is 0. The van der Waals surface area contributed by atoms with Gasteiger partial charge in [0.25, 0.3) is 0 Å². The number of hydrogen-bond acceptors (Lipinski definition) is 1. The van der Waals surface area contributed by atoms with E-state index in [0.717, 1.165) is 0 Å². The van der Waals surface area contributed by atoms with E-state index in [4.69, 9.17) is 5.11 Å². The van der Waals surface area contributed by atoms with Gasteiger partial charge in [-0.2, -0.15) is 0 Å². The largest absolute Gasteiger partial charge is 0.309 e. The Bertz CT molecular complexity index is 38.9. The monoisotopic (exact) mass is 72.1 g/mol. The van der Waals surface area contributed by atoms with Crippen molar-refractivity contribution >= 4 is 0 Å². The molecule has 0 amide bonds. The number of rotatable bonds is 1. The summed E-state index contributed by atoms with van der Waals surface area (Å²) in [6.45, 7) is 5.08. The van der Waals surface area contributed by atoms with Gasteiger partial charge in [0.1, 0.15) is 0 Å². The Morgan fingerprint density at radius 3 is 2.20 bits per heavy atom. The highest BCUT2D eigenvalue weighted by molar-refractivity contribution is 4.74. The first-order valence-corrected chi connectivity index (χ1v) is 1.64. The van der Waals surface area contributed by atoms with Crippen molar-refractivity contribution in [1.82, 2.24) is 0 Å². The quantitative estimate of drug-likeness (QED) is 0.339. The number of aliphatic hydroxyl groups is 1. The molecule has 0 aliphatic heterocycles. The molecular formula is C4H8O+. The van der Waals surface area contributed by atoms with Crippen molar-refractivity contribution in [3.05, 3.63) is 12.3 Å². The van der Waals surface area contributed by atoms with Crippen molar-refractivity contribution in [2.45, 2.75) is 13.3 Å². The average molecular weight is 72.1 g/mol. The van der Waals surface area contributed by atoms with Crippen LogP contribution in [0.3, 0.4) is 0 Å². The van der Waals surface area contributed by atoms with Gasteiger partial charge in [0.05, 0.1) is 6.42 Å². The fraction of sp³-hybridized carbons (Fsp3) is 0.500. The minimum Gasteiger partial charge on any atom is -0.280 e. The van der Waals surface area contributed by atoms with Crippen LogP contribution < -0.4 is 0 Å². The number of hydrogen-bond donors (Lipinski definition) is 0. The second-order valence-corrected chi connectivity index (χ2v) is 0.920. The lowest BCUT2D eigenvalue weighted by atomic mass is 10.4. The fourth-order valence-electron chi connectivity index (χ4n) is 0. The van der Waals surface area contributed by atoms with Gasteiger partial charge in [-0.3, -0.25) is 5.11 Å². The fourth-order valence-corrected chi connectivity index (χ4v) is 0. The number of aliphatic hydroxyl groups excluding tert-OH is 1. The summed E-state index contributed by atoms with van der Waals surface area (Å²) in [4.78, 5) is 0. The molecule has 1 heteroatoms. The van der Waals surface area contributed by atoms with E-state index in [1.165, 1.54) is 0 Å². The van der Waals surface area contributed by atoms with E-state index in [1.54, 1.807) is 0 Å². The first-order chi connectivity index (χ1) is 2.27. The van der Waals surface area contributed by atoms with Crippen LogP contribution in [0.4, 0.5) is 0 Å². The summed E-state index contributed by atoms with van der Waals surface area (Å²) in [6.07, 6.45) is 0.667. The van der Waals surface area contributed by atoms with Crippen LogP contribution in [0.2, 0.25) is 0 Å². The van der Waals surface area contributed by atoms with Crippen LogP contribution in [0.1, 0.15) is 13.3 Å². The predicted molar refractivity (Wildman–Crippen MR) is 22.1 cm³/mol. The molecule has 0 saturated heterocycles. The van der Waals surface area contributed by atoms with Gasteiger partial charge in [-0.15, -0.1) is 0 Å². The molecule has 29 valence electrons. The molecule has 5 heavy (non-hydrogen) atoms. The third-order valence-corrected chi connectivity index (χ3v) is 0.408. The third-order valence-electron chi connectivity index (χ3n) is 0.408. The maximum atomic E-state index is 8.17. The van der Waals surface area contributed by atoms with Gasteiger partial charge in [-0.1, -0.05) is 6.92 Å². The van der Waals surface area contributed by atoms with Crippen molar-refractivity contribution < 1.29 is 5.11 Å².